The van der Waals surface area contributed by atoms with Gasteiger partial charge in [-0.25, -0.2) is 0 Å². The second kappa shape index (κ2) is 4.01. The van der Waals surface area contributed by atoms with E-state index < -0.39 is 11.6 Å². The Kier molecular flexibility index (Phi) is 2.77. The summed E-state index contributed by atoms with van der Waals surface area (Å²) < 4.78 is 5.64. The molecule has 1 aliphatic heterocycles. The molecule has 0 bridgehead atoms. The van der Waals surface area contributed by atoms with Gasteiger partial charge in [0.05, 0.1) is 5.69 Å². The van der Waals surface area contributed by atoms with E-state index in [1.54, 1.807) is 26.0 Å². The van der Waals surface area contributed by atoms with Gasteiger partial charge in [0.15, 0.2) is 5.60 Å². The Labute approximate surface area is 105 Å². The predicted octanol–water partition coefficient (Wildman–Crippen LogP) is 1.58. The summed E-state index contributed by atoms with van der Waals surface area (Å²) in [5.41, 5.74) is 0.456. The number of benzene rings is 1. The number of aliphatic carboxylic acids is 1. The standard InChI is InChI=1S/C13H15NO4/c1-8-4-5-9-10(6-8)18-13(2,3)12(17)14(9)7-11(15)16/h4-6H,7H2,1-3H3,(H,15,16). The Morgan fingerprint density at radius 2 is 2.11 bits per heavy atom. The molecule has 1 N–H and O–H groups in total. The number of hydrogen-bond acceptors (Lipinski definition) is 3. The predicted molar refractivity (Wildman–Crippen MR) is 65.9 cm³/mol. The van der Waals surface area contributed by atoms with Crippen LogP contribution in [0.25, 0.3) is 0 Å². The molecule has 0 unspecified atom stereocenters. The minimum absolute atomic E-state index is 0.346. The van der Waals surface area contributed by atoms with Crippen molar-refractivity contribution in [2.75, 3.05) is 11.4 Å². The Bertz CT molecular complexity index is 522. The van der Waals surface area contributed by atoms with E-state index in [1.165, 1.54) is 4.90 Å². The van der Waals surface area contributed by atoms with E-state index in [-0.39, 0.29) is 12.5 Å². The highest BCUT2D eigenvalue weighted by atomic mass is 16.5. The zero-order valence-electron chi connectivity index (χ0n) is 10.6. The number of rotatable bonds is 2. The molecule has 0 atom stereocenters. The quantitative estimate of drug-likeness (QED) is 0.864. The minimum atomic E-state index is -1.05. The Morgan fingerprint density at radius 1 is 1.44 bits per heavy atom. The molecule has 2 rings (SSSR count). The molecule has 0 aliphatic carbocycles. The molecule has 0 fully saturated rings. The van der Waals surface area contributed by atoms with Gasteiger partial charge in [0.1, 0.15) is 12.3 Å². The van der Waals surface area contributed by atoms with Crippen LogP contribution in [0, 0.1) is 6.92 Å². The highest BCUT2D eigenvalue weighted by molar-refractivity contribution is 6.05. The van der Waals surface area contributed by atoms with Crippen molar-refractivity contribution in [3.8, 4) is 5.75 Å². The molecule has 0 saturated heterocycles. The van der Waals surface area contributed by atoms with Crippen LogP contribution in [0.3, 0.4) is 0 Å². The molecule has 0 spiro atoms. The van der Waals surface area contributed by atoms with Crippen LogP contribution in [0.1, 0.15) is 19.4 Å². The third-order valence-electron chi connectivity index (χ3n) is 2.82. The Morgan fingerprint density at radius 3 is 2.72 bits per heavy atom. The smallest absolute Gasteiger partial charge is 0.323 e. The first-order chi connectivity index (χ1) is 8.31. The van der Waals surface area contributed by atoms with Crippen LogP contribution < -0.4 is 9.64 Å². The van der Waals surface area contributed by atoms with Gasteiger partial charge < -0.3 is 9.84 Å². The van der Waals surface area contributed by atoms with Crippen LogP contribution in [0.15, 0.2) is 18.2 Å². The number of amides is 1. The lowest BCUT2D eigenvalue weighted by atomic mass is 10.0. The fourth-order valence-electron chi connectivity index (χ4n) is 1.97. The lowest BCUT2D eigenvalue weighted by Gasteiger charge is -2.38. The maximum atomic E-state index is 12.2. The topological polar surface area (TPSA) is 66.8 Å². The van der Waals surface area contributed by atoms with E-state index in [0.717, 1.165) is 5.56 Å². The molecule has 1 heterocycles. The van der Waals surface area contributed by atoms with Crippen LogP contribution in [0.4, 0.5) is 5.69 Å². The van der Waals surface area contributed by atoms with Gasteiger partial charge in [-0.1, -0.05) is 6.07 Å². The minimum Gasteiger partial charge on any atom is -0.480 e. The van der Waals surface area contributed by atoms with Crippen molar-refractivity contribution in [2.45, 2.75) is 26.4 Å². The summed E-state index contributed by atoms with van der Waals surface area (Å²) in [4.78, 5) is 24.3. The molecule has 18 heavy (non-hydrogen) atoms. The number of nitrogens with zero attached hydrogens (tertiary/aromatic N) is 1. The van der Waals surface area contributed by atoms with Crippen molar-refractivity contribution in [1.82, 2.24) is 0 Å². The van der Waals surface area contributed by atoms with E-state index in [4.69, 9.17) is 9.84 Å². The van der Waals surface area contributed by atoms with Gasteiger partial charge in [-0.05, 0) is 38.5 Å². The SMILES string of the molecule is Cc1ccc2c(c1)OC(C)(C)C(=O)N2CC(=O)O. The van der Waals surface area contributed by atoms with Crippen molar-refractivity contribution in [3.05, 3.63) is 23.8 Å². The first kappa shape index (κ1) is 12.4. The highest BCUT2D eigenvalue weighted by Gasteiger charge is 2.41. The zero-order chi connectivity index (χ0) is 13.5. The summed E-state index contributed by atoms with van der Waals surface area (Å²) in [6, 6.07) is 5.34. The normalized spacial score (nSPS) is 17.1. The number of carbonyl (C=O) groups is 2. The number of carboxylic acids is 1. The van der Waals surface area contributed by atoms with Crippen LogP contribution in [-0.4, -0.2) is 29.1 Å². The first-order valence-electron chi connectivity index (χ1n) is 5.65. The van der Waals surface area contributed by atoms with E-state index in [2.05, 4.69) is 0 Å². The van der Waals surface area contributed by atoms with Gasteiger partial charge in [-0.3, -0.25) is 14.5 Å². The number of ether oxygens (including phenoxy) is 1. The number of fused-ring (bicyclic) bond motifs is 1. The van der Waals surface area contributed by atoms with E-state index >= 15 is 0 Å². The van der Waals surface area contributed by atoms with Crippen molar-refractivity contribution in [3.63, 3.8) is 0 Å². The van der Waals surface area contributed by atoms with Gasteiger partial charge in [-0.2, -0.15) is 0 Å². The summed E-state index contributed by atoms with van der Waals surface area (Å²) in [7, 11) is 0. The van der Waals surface area contributed by atoms with Gasteiger partial charge in [0, 0.05) is 0 Å². The fraction of sp³-hybridized carbons (Fsp3) is 0.385. The third kappa shape index (κ3) is 2.03. The second-order valence-electron chi connectivity index (χ2n) is 4.87. The molecular formula is C13H15NO4. The summed E-state index contributed by atoms with van der Waals surface area (Å²) in [6.07, 6.45) is 0. The average molecular weight is 249 g/mol. The molecule has 1 aromatic rings. The number of anilines is 1. The molecule has 1 aromatic carbocycles. The molecule has 0 saturated carbocycles. The van der Waals surface area contributed by atoms with E-state index in [1.807, 2.05) is 13.0 Å². The van der Waals surface area contributed by atoms with Gasteiger partial charge in [-0.15, -0.1) is 0 Å². The lowest BCUT2D eigenvalue weighted by Crippen LogP contribution is -2.53. The first-order valence-corrected chi connectivity index (χ1v) is 5.65. The fourth-order valence-corrected chi connectivity index (χ4v) is 1.97. The molecule has 1 aliphatic rings. The van der Waals surface area contributed by atoms with Crippen molar-refractivity contribution in [1.29, 1.82) is 0 Å². The van der Waals surface area contributed by atoms with Crippen molar-refractivity contribution < 1.29 is 19.4 Å². The van der Waals surface area contributed by atoms with E-state index in [0.29, 0.717) is 11.4 Å². The number of carbonyl (C=O) groups excluding carboxylic acids is 1. The average Bonchev–Trinajstić information content (AvgIpc) is 2.23. The highest BCUT2D eigenvalue weighted by Crippen LogP contribution is 2.38. The molecule has 96 valence electrons. The molecule has 0 radical (unpaired) electrons. The largest absolute Gasteiger partial charge is 0.480 e. The van der Waals surface area contributed by atoms with Crippen molar-refractivity contribution in [2.24, 2.45) is 0 Å². The maximum Gasteiger partial charge on any atom is 0.323 e. The third-order valence-corrected chi connectivity index (χ3v) is 2.82. The maximum absolute atomic E-state index is 12.2. The van der Waals surface area contributed by atoms with Crippen LogP contribution in [0.5, 0.6) is 5.75 Å². The van der Waals surface area contributed by atoms with Crippen LogP contribution in [-0.2, 0) is 9.59 Å². The monoisotopic (exact) mass is 249 g/mol. The molecule has 5 heteroatoms. The number of carboxylic acid groups (broad SMARTS) is 1. The molecular weight excluding hydrogens is 234 g/mol. The van der Waals surface area contributed by atoms with Gasteiger partial charge >= 0.3 is 5.97 Å². The van der Waals surface area contributed by atoms with E-state index in [9.17, 15) is 9.59 Å². The lowest BCUT2D eigenvalue weighted by molar-refractivity contribution is -0.139. The molecule has 0 aromatic heterocycles. The van der Waals surface area contributed by atoms with Crippen molar-refractivity contribution >= 4 is 17.6 Å². The zero-order valence-corrected chi connectivity index (χ0v) is 10.6. The Hall–Kier alpha value is -2.04. The summed E-state index contributed by atoms with van der Waals surface area (Å²) >= 11 is 0. The van der Waals surface area contributed by atoms with Crippen LogP contribution >= 0.6 is 0 Å². The van der Waals surface area contributed by atoms with Gasteiger partial charge in [0.25, 0.3) is 5.91 Å². The summed E-state index contributed by atoms with van der Waals surface area (Å²) in [5, 5.41) is 8.90. The number of hydrogen-bond donors (Lipinski definition) is 1. The van der Waals surface area contributed by atoms with Crippen LogP contribution in [0.2, 0.25) is 0 Å². The molecule has 1 amide bonds. The van der Waals surface area contributed by atoms with Gasteiger partial charge in [0.2, 0.25) is 0 Å². The number of aryl methyl sites for hydroxylation is 1. The summed E-state index contributed by atoms with van der Waals surface area (Å²) in [6.45, 7) is 4.82. The summed E-state index contributed by atoms with van der Waals surface area (Å²) in [5.74, 6) is -0.852. The second-order valence-corrected chi connectivity index (χ2v) is 4.87. The molecule has 5 nitrogen and oxygen atoms in total. The Balaban J connectivity index is 2.52.